The van der Waals surface area contributed by atoms with E-state index < -0.39 is 17.8 Å². The number of ether oxygens (including phenoxy) is 1. The van der Waals surface area contributed by atoms with Gasteiger partial charge in [-0.2, -0.15) is 5.10 Å². The van der Waals surface area contributed by atoms with Crippen molar-refractivity contribution in [2.75, 3.05) is 19.0 Å². The zero-order chi connectivity index (χ0) is 18.6. The summed E-state index contributed by atoms with van der Waals surface area (Å²) in [6.07, 6.45) is 0. The number of anilines is 1. The Balaban J connectivity index is 1.97. The molecule has 0 saturated heterocycles. The van der Waals surface area contributed by atoms with Gasteiger partial charge in [0.25, 0.3) is 5.91 Å². The fourth-order valence-electron chi connectivity index (χ4n) is 2.31. The number of hydrogen-bond donors (Lipinski definition) is 2. The molecule has 0 fully saturated rings. The third kappa shape index (κ3) is 4.43. The second-order valence-corrected chi connectivity index (χ2v) is 5.55. The second kappa shape index (κ2) is 7.61. The van der Waals surface area contributed by atoms with Gasteiger partial charge in [-0.1, -0.05) is 6.07 Å². The number of benzene rings is 1. The van der Waals surface area contributed by atoms with Crippen molar-refractivity contribution in [1.29, 1.82) is 0 Å². The summed E-state index contributed by atoms with van der Waals surface area (Å²) in [6, 6.07) is 6.55. The Hall–Kier alpha value is -3.16. The van der Waals surface area contributed by atoms with Crippen LogP contribution in [0.5, 0.6) is 0 Å². The quantitative estimate of drug-likeness (QED) is 0.793. The average molecular weight is 344 g/mol. The van der Waals surface area contributed by atoms with Crippen LogP contribution in [-0.4, -0.2) is 41.2 Å². The number of methoxy groups -OCH3 is 1. The SMILES string of the molecule is COC(=O)c1cc(NC(=O)CNC(=O)c2cc(C)nn2C)ccc1C. The Morgan fingerprint density at radius 2 is 1.92 bits per heavy atom. The van der Waals surface area contributed by atoms with Crippen molar-refractivity contribution in [2.45, 2.75) is 13.8 Å². The second-order valence-electron chi connectivity index (χ2n) is 5.55. The van der Waals surface area contributed by atoms with Gasteiger partial charge in [-0.15, -0.1) is 0 Å². The first-order valence-corrected chi connectivity index (χ1v) is 7.59. The van der Waals surface area contributed by atoms with Crippen molar-refractivity contribution in [3.05, 3.63) is 46.8 Å². The third-order valence-corrected chi connectivity index (χ3v) is 3.57. The summed E-state index contributed by atoms with van der Waals surface area (Å²) >= 11 is 0. The largest absolute Gasteiger partial charge is 0.465 e. The van der Waals surface area contributed by atoms with E-state index in [0.29, 0.717) is 22.6 Å². The van der Waals surface area contributed by atoms with Crippen LogP contribution in [0.4, 0.5) is 5.69 Å². The fraction of sp³-hybridized carbons (Fsp3) is 0.294. The minimum Gasteiger partial charge on any atom is -0.465 e. The third-order valence-electron chi connectivity index (χ3n) is 3.57. The highest BCUT2D eigenvalue weighted by Crippen LogP contribution is 2.16. The molecule has 2 N–H and O–H groups in total. The van der Waals surface area contributed by atoms with E-state index in [-0.39, 0.29) is 6.54 Å². The van der Waals surface area contributed by atoms with Gasteiger partial charge in [-0.3, -0.25) is 14.3 Å². The highest BCUT2D eigenvalue weighted by molar-refractivity contribution is 5.99. The predicted molar refractivity (Wildman–Crippen MR) is 91.4 cm³/mol. The van der Waals surface area contributed by atoms with E-state index in [9.17, 15) is 14.4 Å². The predicted octanol–water partition coefficient (Wildman–Crippen LogP) is 1.19. The number of rotatable bonds is 5. The number of esters is 1. The zero-order valence-electron chi connectivity index (χ0n) is 14.5. The lowest BCUT2D eigenvalue weighted by Crippen LogP contribution is -2.33. The van der Waals surface area contributed by atoms with Crippen LogP contribution in [0.3, 0.4) is 0 Å². The lowest BCUT2D eigenvalue weighted by molar-refractivity contribution is -0.115. The van der Waals surface area contributed by atoms with E-state index >= 15 is 0 Å². The van der Waals surface area contributed by atoms with Crippen molar-refractivity contribution < 1.29 is 19.1 Å². The summed E-state index contributed by atoms with van der Waals surface area (Å²) in [6.45, 7) is 3.35. The van der Waals surface area contributed by atoms with Crippen LogP contribution in [0, 0.1) is 13.8 Å². The van der Waals surface area contributed by atoms with Gasteiger partial charge in [0, 0.05) is 12.7 Å². The minimum atomic E-state index is -0.478. The van der Waals surface area contributed by atoms with Crippen LogP contribution >= 0.6 is 0 Å². The van der Waals surface area contributed by atoms with Crippen LogP contribution in [0.15, 0.2) is 24.3 Å². The summed E-state index contributed by atoms with van der Waals surface area (Å²) in [5, 5.41) is 9.24. The first-order valence-electron chi connectivity index (χ1n) is 7.59. The Bertz CT molecular complexity index is 826. The smallest absolute Gasteiger partial charge is 0.338 e. The molecule has 0 spiro atoms. The van der Waals surface area contributed by atoms with Crippen LogP contribution in [0.2, 0.25) is 0 Å². The van der Waals surface area contributed by atoms with E-state index in [2.05, 4.69) is 15.7 Å². The normalized spacial score (nSPS) is 10.2. The molecule has 2 aromatic rings. The molecule has 0 atom stereocenters. The molecule has 2 rings (SSSR count). The first-order chi connectivity index (χ1) is 11.8. The number of carbonyl (C=O) groups is 3. The number of hydrogen-bond acceptors (Lipinski definition) is 5. The van der Waals surface area contributed by atoms with Crippen molar-refractivity contribution in [1.82, 2.24) is 15.1 Å². The maximum atomic E-state index is 12.0. The Kier molecular flexibility index (Phi) is 5.53. The van der Waals surface area contributed by atoms with Gasteiger partial charge in [0.05, 0.1) is 24.9 Å². The lowest BCUT2D eigenvalue weighted by atomic mass is 10.1. The highest BCUT2D eigenvalue weighted by Gasteiger charge is 2.14. The maximum absolute atomic E-state index is 12.0. The van der Waals surface area contributed by atoms with E-state index in [1.807, 2.05) is 0 Å². The molecule has 0 aliphatic rings. The molecular formula is C17H20N4O4. The van der Waals surface area contributed by atoms with E-state index in [1.54, 1.807) is 39.1 Å². The average Bonchev–Trinajstić information content (AvgIpc) is 2.92. The zero-order valence-corrected chi connectivity index (χ0v) is 14.5. The molecule has 132 valence electrons. The van der Waals surface area contributed by atoms with E-state index in [0.717, 1.165) is 5.56 Å². The van der Waals surface area contributed by atoms with Crippen LogP contribution in [-0.2, 0) is 16.6 Å². The molecule has 1 heterocycles. The number of amides is 2. The van der Waals surface area contributed by atoms with E-state index in [4.69, 9.17) is 4.74 Å². The van der Waals surface area contributed by atoms with Gasteiger partial charge < -0.3 is 15.4 Å². The molecule has 8 heteroatoms. The Labute approximate surface area is 145 Å². The molecule has 0 saturated carbocycles. The fourth-order valence-corrected chi connectivity index (χ4v) is 2.31. The molecule has 0 bridgehead atoms. The van der Waals surface area contributed by atoms with Crippen molar-refractivity contribution in [3.63, 3.8) is 0 Å². The van der Waals surface area contributed by atoms with Gasteiger partial charge in [0.2, 0.25) is 5.91 Å². The number of nitrogens with one attached hydrogen (secondary N) is 2. The van der Waals surface area contributed by atoms with Crippen molar-refractivity contribution in [3.8, 4) is 0 Å². The molecule has 8 nitrogen and oxygen atoms in total. The van der Waals surface area contributed by atoms with Crippen molar-refractivity contribution >= 4 is 23.5 Å². The Morgan fingerprint density at radius 3 is 2.52 bits per heavy atom. The number of aromatic nitrogens is 2. The summed E-state index contributed by atoms with van der Waals surface area (Å²) in [4.78, 5) is 35.7. The molecule has 25 heavy (non-hydrogen) atoms. The monoisotopic (exact) mass is 344 g/mol. The lowest BCUT2D eigenvalue weighted by Gasteiger charge is -2.10. The summed E-state index contributed by atoms with van der Waals surface area (Å²) < 4.78 is 6.15. The van der Waals surface area contributed by atoms with Crippen LogP contribution in [0.25, 0.3) is 0 Å². The van der Waals surface area contributed by atoms with Crippen molar-refractivity contribution in [2.24, 2.45) is 7.05 Å². The summed E-state index contributed by atoms with van der Waals surface area (Å²) in [5.41, 5.74) is 2.64. The van der Waals surface area contributed by atoms with Gasteiger partial charge >= 0.3 is 5.97 Å². The molecule has 0 aliphatic carbocycles. The maximum Gasteiger partial charge on any atom is 0.338 e. The molecule has 0 unspecified atom stereocenters. The number of nitrogens with zero attached hydrogens (tertiary/aromatic N) is 2. The Morgan fingerprint density at radius 1 is 1.20 bits per heavy atom. The number of carbonyl (C=O) groups excluding carboxylic acids is 3. The topological polar surface area (TPSA) is 102 Å². The molecule has 0 radical (unpaired) electrons. The summed E-state index contributed by atoms with van der Waals surface area (Å²) in [5.74, 6) is -1.28. The van der Waals surface area contributed by atoms with Gasteiger partial charge in [0.15, 0.2) is 0 Å². The minimum absolute atomic E-state index is 0.204. The first kappa shape index (κ1) is 18.2. The molecule has 1 aromatic heterocycles. The molecule has 1 aromatic carbocycles. The molecular weight excluding hydrogens is 324 g/mol. The number of aryl methyl sites for hydroxylation is 3. The van der Waals surface area contributed by atoms with Crippen LogP contribution < -0.4 is 10.6 Å². The molecule has 2 amide bonds. The van der Waals surface area contributed by atoms with E-state index in [1.165, 1.54) is 17.9 Å². The summed E-state index contributed by atoms with van der Waals surface area (Å²) in [7, 11) is 2.95. The van der Waals surface area contributed by atoms with Crippen LogP contribution in [0.1, 0.15) is 32.1 Å². The van der Waals surface area contributed by atoms with Gasteiger partial charge in [0.1, 0.15) is 5.69 Å². The van der Waals surface area contributed by atoms with Gasteiger partial charge in [-0.25, -0.2) is 4.79 Å². The highest BCUT2D eigenvalue weighted by atomic mass is 16.5. The van der Waals surface area contributed by atoms with Gasteiger partial charge in [-0.05, 0) is 37.6 Å². The molecule has 0 aliphatic heterocycles. The standard InChI is InChI=1S/C17H20N4O4/c1-10-5-6-12(8-13(10)17(24)25-4)19-15(22)9-18-16(23)14-7-11(2)20-21(14)3/h5-8H,9H2,1-4H3,(H,18,23)(H,19,22).